The maximum absolute atomic E-state index is 11.8. The molecule has 1 aromatic heterocycles. The molecule has 2 rings (SSSR count). The summed E-state index contributed by atoms with van der Waals surface area (Å²) in [6.07, 6.45) is 1.57. The van der Waals surface area contributed by atoms with Gasteiger partial charge in [0.2, 0.25) is 0 Å². The Morgan fingerprint density at radius 1 is 1.60 bits per heavy atom. The van der Waals surface area contributed by atoms with Crippen LogP contribution in [-0.2, 0) is 16.5 Å². The number of morpholine rings is 1. The van der Waals surface area contributed by atoms with Gasteiger partial charge in [-0.2, -0.15) is 5.10 Å². The van der Waals surface area contributed by atoms with E-state index in [1.165, 1.54) is 11.8 Å². The van der Waals surface area contributed by atoms with Gasteiger partial charge in [0.25, 0.3) is 0 Å². The van der Waals surface area contributed by atoms with E-state index in [4.69, 9.17) is 9.47 Å². The molecule has 0 aliphatic carbocycles. The van der Waals surface area contributed by atoms with Gasteiger partial charge < -0.3 is 14.4 Å². The van der Waals surface area contributed by atoms with Gasteiger partial charge in [0.05, 0.1) is 32.6 Å². The number of aliphatic imine (C=N–C) groups is 1. The second-order valence-electron chi connectivity index (χ2n) is 4.77. The standard InChI is InChI=1S/C13H20N4O3/c1-9-8-20-6-5-17(9)10(2)15-11-7-14-16(3)12(11)13(18)19-4/h7,9H,5-6,8H2,1-4H3/b15-10+/t9-/m1/s1. The van der Waals surface area contributed by atoms with Crippen LogP contribution in [0.3, 0.4) is 0 Å². The van der Waals surface area contributed by atoms with E-state index < -0.39 is 5.97 Å². The van der Waals surface area contributed by atoms with Crippen molar-refractivity contribution in [3.8, 4) is 0 Å². The third-order valence-electron chi connectivity index (χ3n) is 3.36. The highest BCUT2D eigenvalue weighted by Gasteiger charge is 2.22. The number of methoxy groups -OCH3 is 1. The number of ether oxygens (including phenoxy) is 2. The van der Waals surface area contributed by atoms with E-state index in [9.17, 15) is 4.79 Å². The van der Waals surface area contributed by atoms with Gasteiger partial charge in [-0.1, -0.05) is 0 Å². The number of aromatic nitrogens is 2. The second kappa shape index (κ2) is 6.04. The summed E-state index contributed by atoms with van der Waals surface area (Å²) in [5.41, 5.74) is 0.878. The summed E-state index contributed by atoms with van der Waals surface area (Å²) in [4.78, 5) is 18.4. The van der Waals surface area contributed by atoms with Crippen molar-refractivity contribution < 1.29 is 14.3 Å². The van der Waals surface area contributed by atoms with Gasteiger partial charge >= 0.3 is 5.97 Å². The first-order valence-corrected chi connectivity index (χ1v) is 6.54. The van der Waals surface area contributed by atoms with Gasteiger partial charge in [-0.25, -0.2) is 9.79 Å². The molecular formula is C13H20N4O3. The van der Waals surface area contributed by atoms with E-state index in [1.807, 2.05) is 6.92 Å². The van der Waals surface area contributed by atoms with Crippen molar-refractivity contribution in [3.05, 3.63) is 11.9 Å². The Labute approximate surface area is 118 Å². The van der Waals surface area contributed by atoms with Gasteiger partial charge in [-0.3, -0.25) is 4.68 Å². The van der Waals surface area contributed by atoms with Crippen molar-refractivity contribution in [2.75, 3.05) is 26.9 Å². The van der Waals surface area contributed by atoms with Gasteiger partial charge in [0.15, 0.2) is 5.69 Å². The van der Waals surface area contributed by atoms with E-state index in [0.29, 0.717) is 24.6 Å². The first kappa shape index (κ1) is 14.5. The van der Waals surface area contributed by atoms with Crippen molar-refractivity contribution in [2.24, 2.45) is 12.0 Å². The van der Waals surface area contributed by atoms with Crippen molar-refractivity contribution in [1.82, 2.24) is 14.7 Å². The van der Waals surface area contributed by atoms with E-state index in [-0.39, 0.29) is 6.04 Å². The Hall–Kier alpha value is -1.89. The lowest BCUT2D eigenvalue weighted by molar-refractivity contribution is 0.0330. The molecule has 110 valence electrons. The minimum Gasteiger partial charge on any atom is -0.464 e. The fraction of sp³-hybridized carbons (Fsp3) is 0.615. The molecule has 1 aliphatic rings. The van der Waals surface area contributed by atoms with Gasteiger partial charge in [0.1, 0.15) is 11.5 Å². The summed E-state index contributed by atoms with van der Waals surface area (Å²) in [5, 5.41) is 4.07. The van der Waals surface area contributed by atoms with Crippen LogP contribution in [0.2, 0.25) is 0 Å². The normalized spacial score (nSPS) is 20.1. The molecule has 0 aromatic carbocycles. The molecule has 20 heavy (non-hydrogen) atoms. The zero-order valence-corrected chi connectivity index (χ0v) is 12.3. The van der Waals surface area contributed by atoms with Crippen molar-refractivity contribution in [1.29, 1.82) is 0 Å². The fourth-order valence-electron chi connectivity index (χ4n) is 2.29. The molecule has 0 saturated carbocycles. The molecule has 0 spiro atoms. The molecule has 1 saturated heterocycles. The van der Waals surface area contributed by atoms with E-state index in [1.54, 1.807) is 13.2 Å². The number of carbonyl (C=O) groups is 1. The van der Waals surface area contributed by atoms with Crippen molar-refractivity contribution >= 4 is 17.5 Å². The molecule has 1 atom stereocenters. The van der Waals surface area contributed by atoms with Gasteiger partial charge in [-0.05, 0) is 13.8 Å². The molecule has 0 bridgehead atoms. The molecule has 2 heterocycles. The summed E-state index contributed by atoms with van der Waals surface area (Å²) >= 11 is 0. The average molecular weight is 280 g/mol. The SMILES string of the molecule is COC(=O)c1c(/N=C(\C)N2CCOC[C@H]2C)cnn1C. The van der Waals surface area contributed by atoms with Crippen LogP contribution in [0.4, 0.5) is 5.69 Å². The summed E-state index contributed by atoms with van der Waals surface area (Å²) in [5.74, 6) is 0.408. The zero-order valence-electron chi connectivity index (χ0n) is 12.3. The molecule has 1 aromatic rings. The van der Waals surface area contributed by atoms with Crippen molar-refractivity contribution in [3.63, 3.8) is 0 Å². The largest absolute Gasteiger partial charge is 0.464 e. The fourth-order valence-corrected chi connectivity index (χ4v) is 2.29. The highest BCUT2D eigenvalue weighted by molar-refractivity contribution is 5.94. The van der Waals surface area contributed by atoms with Crippen molar-refractivity contribution in [2.45, 2.75) is 19.9 Å². The number of amidine groups is 1. The lowest BCUT2D eigenvalue weighted by atomic mass is 10.2. The summed E-state index contributed by atoms with van der Waals surface area (Å²) in [6.45, 7) is 6.18. The second-order valence-corrected chi connectivity index (χ2v) is 4.77. The molecule has 7 heteroatoms. The molecule has 0 unspecified atom stereocenters. The number of esters is 1. The predicted octanol–water partition coefficient (Wildman–Crippen LogP) is 0.977. The van der Waals surface area contributed by atoms with Crippen LogP contribution in [0.1, 0.15) is 24.3 Å². The zero-order chi connectivity index (χ0) is 14.7. The Morgan fingerprint density at radius 3 is 3.00 bits per heavy atom. The van der Waals surface area contributed by atoms with Crippen LogP contribution >= 0.6 is 0 Å². The Bertz CT molecular complexity index is 524. The number of hydrogen-bond donors (Lipinski definition) is 0. The minimum absolute atomic E-state index is 0.269. The van der Waals surface area contributed by atoms with Crippen LogP contribution < -0.4 is 0 Å². The van der Waals surface area contributed by atoms with Gasteiger partial charge in [-0.15, -0.1) is 0 Å². The lowest BCUT2D eigenvalue weighted by Crippen LogP contribution is -2.46. The average Bonchev–Trinajstić information content (AvgIpc) is 2.79. The molecule has 0 radical (unpaired) electrons. The molecular weight excluding hydrogens is 260 g/mol. The predicted molar refractivity (Wildman–Crippen MR) is 74.3 cm³/mol. The molecule has 0 amide bonds. The maximum Gasteiger partial charge on any atom is 0.358 e. The van der Waals surface area contributed by atoms with Crippen LogP contribution in [0.5, 0.6) is 0 Å². The molecule has 1 fully saturated rings. The molecule has 7 nitrogen and oxygen atoms in total. The van der Waals surface area contributed by atoms with E-state index >= 15 is 0 Å². The monoisotopic (exact) mass is 280 g/mol. The third-order valence-corrected chi connectivity index (χ3v) is 3.36. The highest BCUT2D eigenvalue weighted by Crippen LogP contribution is 2.20. The third kappa shape index (κ3) is 2.82. The number of rotatable bonds is 2. The van der Waals surface area contributed by atoms with E-state index in [0.717, 1.165) is 12.4 Å². The topological polar surface area (TPSA) is 68.9 Å². The highest BCUT2D eigenvalue weighted by atomic mass is 16.5. The number of hydrogen-bond acceptors (Lipinski definition) is 5. The number of carbonyl (C=O) groups excluding carboxylic acids is 1. The first-order chi connectivity index (χ1) is 9.54. The summed E-state index contributed by atoms with van der Waals surface area (Å²) in [7, 11) is 3.04. The minimum atomic E-state index is -0.438. The molecule has 0 N–H and O–H groups in total. The summed E-state index contributed by atoms with van der Waals surface area (Å²) < 4.78 is 11.6. The Morgan fingerprint density at radius 2 is 2.35 bits per heavy atom. The first-order valence-electron chi connectivity index (χ1n) is 6.54. The van der Waals surface area contributed by atoms with Gasteiger partial charge in [0, 0.05) is 13.6 Å². The maximum atomic E-state index is 11.8. The van der Waals surface area contributed by atoms with E-state index in [2.05, 4.69) is 21.9 Å². The molecule has 1 aliphatic heterocycles. The van der Waals surface area contributed by atoms with Crippen LogP contribution in [0.25, 0.3) is 0 Å². The summed E-state index contributed by atoms with van der Waals surface area (Å²) in [6, 6.07) is 0.269. The Kier molecular flexibility index (Phi) is 4.39. The van der Waals surface area contributed by atoms with Crippen LogP contribution in [0, 0.1) is 0 Å². The lowest BCUT2D eigenvalue weighted by Gasteiger charge is -2.34. The van der Waals surface area contributed by atoms with Crippen LogP contribution in [-0.4, -0.2) is 59.4 Å². The number of nitrogens with zero attached hydrogens (tertiary/aromatic N) is 4. The smallest absolute Gasteiger partial charge is 0.358 e. The number of aryl methyl sites for hydroxylation is 1. The quantitative estimate of drug-likeness (QED) is 0.459. The van der Waals surface area contributed by atoms with Crippen LogP contribution in [0.15, 0.2) is 11.2 Å². The Balaban J connectivity index is 2.28.